The molecule has 0 radical (unpaired) electrons. The van der Waals surface area contributed by atoms with E-state index in [1.54, 1.807) is 13.0 Å². The molecule has 1 aromatic carbocycles. The number of pyridine rings is 1. The van der Waals surface area contributed by atoms with Crippen LogP contribution in [0, 0.1) is 6.92 Å². The monoisotopic (exact) mass is 311 g/mol. The van der Waals surface area contributed by atoms with Crippen LogP contribution in [-0.4, -0.2) is 23.7 Å². The zero-order valence-corrected chi connectivity index (χ0v) is 13.8. The lowest BCUT2D eigenvalue weighted by atomic mass is 9.96. The van der Waals surface area contributed by atoms with E-state index in [0.29, 0.717) is 6.61 Å². The minimum Gasteiger partial charge on any atom is -0.474 e. The first-order chi connectivity index (χ1) is 11.1. The largest absolute Gasteiger partial charge is 0.474 e. The molecule has 0 fully saturated rings. The van der Waals surface area contributed by atoms with Crippen LogP contribution in [-0.2, 0) is 16.0 Å². The first kappa shape index (κ1) is 15.5. The van der Waals surface area contributed by atoms with E-state index in [-0.39, 0.29) is 12.1 Å². The number of benzene rings is 1. The number of ether oxygens (including phenoxy) is 2. The number of nitrogens with zero attached hydrogens (tertiary/aromatic N) is 1. The maximum atomic E-state index is 11.4. The van der Waals surface area contributed by atoms with Gasteiger partial charge in [-0.3, -0.25) is 0 Å². The van der Waals surface area contributed by atoms with Gasteiger partial charge in [-0.15, -0.1) is 0 Å². The molecule has 0 saturated heterocycles. The highest BCUT2D eigenvalue weighted by atomic mass is 16.5. The number of hydrogen-bond donors (Lipinski definition) is 0. The Labute approximate surface area is 136 Å². The zero-order valence-electron chi connectivity index (χ0n) is 13.8. The average molecular weight is 311 g/mol. The molecule has 0 N–H and O–H groups in total. The highest BCUT2D eigenvalue weighted by Crippen LogP contribution is 2.33. The summed E-state index contributed by atoms with van der Waals surface area (Å²) in [6.07, 6.45) is 5.46. The van der Waals surface area contributed by atoms with Crippen LogP contribution in [0.4, 0.5) is 0 Å². The fourth-order valence-electron chi connectivity index (χ4n) is 2.90. The quantitative estimate of drug-likeness (QED) is 0.638. The fraction of sp³-hybridized carbons (Fsp3) is 0.368. The normalized spacial score (nSPS) is 17.1. The summed E-state index contributed by atoms with van der Waals surface area (Å²) >= 11 is 0. The molecule has 2 aromatic rings. The standard InChI is InChI=1S/C19H21NO3/c1-4-22-18(21)10-7-14-6-9-17-16(11-14)13(3)15-8-5-12(2)23-19(15)20-17/h6-7,9-12H,4-5,8H2,1-3H3/b10-7+. The summed E-state index contributed by atoms with van der Waals surface area (Å²) in [6, 6.07) is 5.98. The smallest absolute Gasteiger partial charge is 0.330 e. The summed E-state index contributed by atoms with van der Waals surface area (Å²) in [5.41, 5.74) is 4.29. The first-order valence-electron chi connectivity index (χ1n) is 8.03. The summed E-state index contributed by atoms with van der Waals surface area (Å²) in [6.45, 7) is 6.37. The van der Waals surface area contributed by atoms with E-state index >= 15 is 0 Å². The molecule has 0 amide bonds. The van der Waals surface area contributed by atoms with Gasteiger partial charge in [0, 0.05) is 17.0 Å². The number of aryl methyl sites for hydroxylation is 1. The van der Waals surface area contributed by atoms with Crippen molar-refractivity contribution < 1.29 is 14.3 Å². The van der Waals surface area contributed by atoms with Gasteiger partial charge in [0.2, 0.25) is 5.88 Å². The minimum atomic E-state index is -0.324. The van der Waals surface area contributed by atoms with E-state index in [1.165, 1.54) is 17.2 Å². The zero-order chi connectivity index (χ0) is 16.4. The van der Waals surface area contributed by atoms with E-state index in [4.69, 9.17) is 9.47 Å². The van der Waals surface area contributed by atoms with Crippen LogP contribution in [0.5, 0.6) is 5.88 Å². The minimum absolute atomic E-state index is 0.221. The number of fused-ring (bicyclic) bond motifs is 2. The molecule has 1 aliphatic heterocycles. The molecule has 0 bridgehead atoms. The van der Waals surface area contributed by atoms with Crippen LogP contribution < -0.4 is 4.74 Å². The Bertz CT molecular complexity index is 780. The van der Waals surface area contributed by atoms with E-state index in [0.717, 1.165) is 35.2 Å². The van der Waals surface area contributed by atoms with Gasteiger partial charge in [0.1, 0.15) is 0 Å². The molecular weight excluding hydrogens is 290 g/mol. The van der Waals surface area contributed by atoms with Gasteiger partial charge in [-0.1, -0.05) is 6.07 Å². The molecule has 1 aromatic heterocycles. The molecule has 120 valence electrons. The van der Waals surface area contributed by atoms with Crippen molar-refractivity contribution in [3.8, 4) is 5.88 Å². The predicted octanol–water partition coefficient (Wildman–Crippen LogP) is 3.83. The van der Waals surface area contributed by atoms with Crippen molar-refractivity contribution in [3.63, 3.8) is 0 Å². The molecule has 4 heteroatoms. The maximum absolute atomic E-state index is 11.4. The third kappa shape index (κ3) is 3.21. The van der Waals surface area contributed by atoms with Crippen molar-refractivity contribution in [2.45, 2.75) is 39.7 Å². The van der Waals surface area contributed by atoms with Crippen molar-refractivity contribution >= 4 is 22.9 Å². The number of esters is 1. The van der Waals surface area contributed by atoms with E-state index in [1.807, 2.05) is 12.1 Å². The lowest BCUT2D eigenvalue weighted by Gasteiger charge is -2.24. The number of carbonyl (C=O) groups is 1. The van der Waals surface area contributed by atoms with E-state index in [9.17, 15) is 4.79 Å². The highest BCUT2D eigenvalue weighted by molar-refractivity contribution is 5.90. The van der Waals surface area contributed by atoms with Gasteiger partial charge in [-0.05, 0) is 62.9 Å². The van der Waals surface area contributed by atoms with Gasteiger partial charge < -0.3 is 9.47 Å². The van der Waals surface area contributed by atoms with Gasteiger partial charge in [0.25, 0.3) is 0 Å². The summed E-state index contributed by atoms with van der Waals surface area (Å²) in [4.78, 5) is 16.1. The topological polar surface area (TPSA) is 48.4 Å². The molecule has 0 spiro atoms. The second-order valence-corrected chi connectivity index (χ2v) is 5.85. The second kappa shape index (κ2) is 6.41. The Hall–Kier alpha value is -2.36. The van der Waals surface area contributed by atoms with Gasteiger partial charge in [0.05, 0.1) is 18.2 Å². The molecule has 1 atom stereocenters. The second-order valence-electron chi connectivity index (χ2n) is 5.85. The van der Waals surface area contributed by atoms with Crippen LogP contribution in [0.2, 0.25) is 0 Å². The number of rotatable bonds is 3. The molecule has 23 heavy (non-hydrogen) atoms. The lowest BCUT2D eigenvalue weighted by molar-refractivity contribution is -0.137. The van der Waals surface area contributed by atoms with Gasteiger partial charge >= 0.3 is 5.97 Å². The van der Waals surface area contributed by atoms with Crippen molar-refractivity contribution in [2.24, 2.45) is 0 Å². The molecule has 0 saturated carbocycles. The number of carbonyl (C=O) groups excluding carboxylic acids is 1. The Morgan fingerprint density at radius 2 is 2.30 bits per heavy atom. The van der Waals surface area contributed by atoms with Crippen molar-refractivity contribution in [1.29, 1.82) is 0 Å². The molecular formula is C19H21NO3. The Balaban J connectivity index is 1.98. The lowest BCUT2D eigenvalue weighted by Crippen LogP contribution is -2.20. The summed E-state index contributed by atoms with van der Waals surface area (Å²) in [7, 11) is 0. The third-order valence-electron chi connectivity index (χ3n) is 4.17. The maximum Gasteiger partial charge on any atom is 0.330 e. The third-order valence-corrected chi connectivity index (χ3v) is 4.17. The molecule has 3 rings (SSSR count). The SMILES string of the molecule is CCOC(=O)/C=C/c1ccc2nc3c(c(C)c2c1)CCC(C)O3. The van der Waals surface area contributed by atoms with Crippen LogP contribution in [0.1, 0.15) is 37.0 Å². The average Bonchev–Trinajstić information content (AvgIpc) is 2.53. The fourth-order valence-corrected chi connectivity index (χ4v) is 2.90. The predicted molar refractivity (Wildman–Crippen MR) is 90.6 cm³/mol. The summed E-state index contributed by atoms with van der Waals surface area (Å²) in [5.74, 6) is 0.443. The van der Waals surface area contributed by atoms with Gasteiger partial charge in [-0.25, -0.2) is 9.78 Å². The van der Waals surface area contributed by atoms with E-state index < -0.39 is 0 Å². The van der Waals surface area contributed by atoms with Crippen LogP contribution in [0.25, 0.3) is 17.0 Å². The molecule has 0 aliphatic carbocycles. The van der Waals surface area contributed by atoms with Crippen LogP contribution in [0.3, 0.4) is 0 Å². The molecule has 1 unspecified atom stereocenters. The van der Waals surface area contributed by atoms with Crippen LogP contribution >= 0.6 is 0 Å². The summed E-state index contributed by atoms with van der Waals surface area (Å²) < 4.78 is 10.8. The van der Waals surface area contributed by atoms with Gasteiger partial charge in [0.15, 0.2) is 0 Å². The Morgan fingerprint density at radius 1 is 1.48 bits per heavy atom. The van der Waals surface area contributed by atoms with Crippen molar-refractivity contribution in [2.75, 3.05) is 6.61 Å². The Kier molecular flexibility index (Phi) is 4.33. The van der Waals surface area contributed by atoms with E-state index in [2.05, 4.69) is 24.9 Å². The van der Waals surface area contributed by atoms with Crippen molar-refractivity contribution in [3.05, 3.63) is 41.0 Å². The molecule has 2 heterocycles. The van der Waals surface area contributed by atoms with Crippen molar-refractivity contribution in [1.82, 2.24) is 4.98 Å². The van der Waals surface area contributed by atoms with Crippen LogP contribution in [0.15, 0.2) is 24.3 Å². The molecule has 1 aliphatic rings. The first-order valence-corrected chi connectivity index (χ1v) is 8.03. The Morgan fingerprint density at radius 3 is 3.09 bits per heavy atom. The number of aromatic nitrogens is 1. The van der Waals surface area contributed by atoms with Gasteiger partial charge in [-0.2, -0.15) is 0 Å². The molecule has 4 nitrogen and oxygen atoms in total. The summed E-state index contributed by atoms with van der Waals surface area (Å²) in [5, 5.41) is 1.10. The number of hydrogen-bond acceptors (Lipinski definition) is 4. The highest BCUT2D eigenvalue weighted by Gasteiger charge is 2.20.